The number of aromatic nitrogens is 1. The standard InChI is InChI=1S/C73H50N2O/c1-48-19-5-6-24-58(48)54-44-53(49-20-3-2-4-21-49)45-55(46-54)68-47-57(41-42-60(68)51-22-17-23-52(43-51)61-31-18-32-67-66-30-12-16-36-72(66)76-73(61)67)74-56-39-37-50(38-40-56)59-25-7-8-26-62(59)63-27-9-13-33-69(63)75-70-34-14-10-28-64(70)65-29-11-15-35-71(65)75/h2-47,74H,1H3. The summed E-state index contributed by atoms with van der Waals surface area (Å²) < 4.78 is 8.98. The quantitative estimate of drug-likeness (QED) is 0.148. The van der Waals surface area contributed by atoms with E-state index in [9.17, 15) is 0 Å². The molecule has 14 rings (SSSR count). The van der Waals surface area contributed by atoms with Crippen LogP contribution in [0.3, 0.4) is 0 Å². The Balaban J connectivity index is 0.866. The van der Waals surface area contributed by atoms with Crippen LogP contribution in [-0.4, -0.2) is 4.57 Å². The van der Waals surface area contributed by atoms with E-state index in [-0.39, 0.29) is 0 Å². The molecule has 0 fully saturated rings. The van der Waals surface area contributed by atoms with Crippen molar-refractivity contribution in [1.29, 1.82) is 0 Å². The van der Waals surface area contributed by atoms with Gasteiger partial charge in [0.1, 0.15) is 11.2 Å². The van der Waals surface area contributed by atoms with Crippen LogP contribution in [0.25, 0.3) is 127 Å². The monoisotopic (exact) mass is 970 g/mol. The van der Waals surface area contributed by atoms with E-state index in [4.69, 9.17) is 4.42 Å². The Morgan fingerprint density at radius 2 is 0.803 bits per heavy atom. The summed E-state index contributed by atoms with van der Waals surface area (Å²) in [5.41, 5.74) is 24.7. The van der Waals surface area contributed by atoms with Crippen molar-refractivity contribution in [1.82, 2.24) is 4.57 Å². The topological polar surface area (TPSA) is 30.1 Å². The molecular formula is C73H50N2O. The number of aryl methyl sites for hydroxylation is 1. The molecule has 0 bridgehead atoms. The first-order chi connectivity index (χ1) is 37.6. The number of furan rings is 1. The highest BCUT2D eigenvalue weighted by Gasteiger charge is 2.19. The maximum Gasteiger partial charge on any atom is 0.143 e. The molecule has 14 aromatic rings. The molecule has 0 aliphatic heterocycles. The smallest absolute Gasteiger partial charge is 0.143 e. The van der Waals surface area contributed by atoms with Gasteiger partial charge in [-0.1, -0.05) is 206 Å². The molecule has 0 saturated carbocycles. The lowest BCUT2D eigenvalue weighted by Crippen LogP contribution is -1.98. The van der Waals surface area contributed by atoms with Gasteiger partial charge in [0.05, 0.1) is 16.7 Å². The minimum absolute atomic E-state index is 0.894. The number of benzene rings is 12. The summed E-state index contributed by atoms with van der Waals surface area (Å²) in [6, 6.07) is 101. The molecular weight excluding hydrogens is 921 g/mol. The van der Waals surface area contributed by atoms with Gasteiger partial charge in [-0.2, -0.15) is 0 Å². The summed E-state index contributed by atoms with van der Waals surface area (Å²) in [6.07, 6.45) is 0. The highest BCUT2D eigenvalue weighted by molar-refractivity contribution is 6.11. The first-order valence-electron chi connectivity index (χ1n) is 26.1. The molecule has 0 aliphatic rings. The molecule has 0 atom stereocenters. The van der Waals surface area contributed by atoms with Gasteiger partial charge in [0, 0.05) is 44.0 Å². The van der Waals surface area contributed by atoms with Gasteiger partial charge in [-0.3, -0.25) is 0 Å². The summed E-state index contributed by atoms with van der Waals surface area (Å²) in [7, 11) is 0. The number of nitrogens with zero attached hydrogens (tertiary/aromatic N) is 1. The maximum atomic E-state index is 6.56. The van der Waals surface area contributed by atoms with E-state index >= 15 is 0 Å². The van der Waals surface area contributed by atoms with Crippen LogP contribution in [0, 0.1) is 6.92 Å². The number of hydrogen-bond donors (Lipinski definition) is 1. The Morgan fingerprint density at radius 1 is 0.289 bits per heavy atom. The van der Waals surface area contributed by atoms with E-state index in [1.165, 1.54) is 66.3 Å². The van der Waals surface area contributed by atoms with Gasteiger partial charge in [-0.25, -0.2) is 0 Å². The van der Waals surface area contributed by atoms with Gasteiger partial charge in [0.25, 0.3) is 0 Å². The maximum absolute atomic E-state index is 6.56. The van der Waals surface area contributed by atoms with Crippen molar-refractivity contribution >= 4 is 55.1 Å². The Hall–Kier alpha value is -9.96. The highest BCUT2D eigenvalue weighted by atomic mass is 16.3. The van der Waals surface area contributed by atoms with Crippen molar-refractivity contribution < 1.29 is 4.42 Å². The summed E-state index contributed by atoms with van der Waals surface area (Å²) in [5.74, 6) is 0. The van der Waals surface area contributed by atoms with Crippen LogP contribution in [0.1, 0.15) is 5.56 Å². The fraction of sp³-hybridized carbons (Fsp3) is 0.0137. The molecule has 0 aliphatic carbocycles. The van der Waals surface area contributed by atoms with E-state index in [0.29, 0.717) is 0 Å². The van der Waals surface area contributed by atoms with Gasteiger partial charge in [-0.15, -0.1) is 0 Å². The lowest BCUT2D eigenvalue weighted by Gasteiger charge is -2.18. The van der Waals surface area contributed by atoms with E-state index in [1.807, 2.05) is 6.07 Å². The van der Waals surface area contributed by atoms with Crippen LogP contribution < -0.4 is 5.32 Å². The number of rotatable bonds is 10. The van der Waals surface area contributed by atoms with Crippen LogP contribution >= 0.6 is 0 Å². The third kappa shape index (κ3) is 7.94. The summed E-state index contributed by atoms with van der Waals surface area (Å²) in [6.45, 7) is 2.20. The minimum Gasteiger partial charge on any atom is -0.455 e. The molecule has 3 nitrogen and oxygen atoms in total. The number of nitrogens with one attached hydrogen (secondary N) is 1. The predicted molar refractivity (Wildman–Crippen MR) is 321 cm³/mol. The number of para-hydroxylation sites is 5. The fourth-order valence-corrected chi connectivity index (χ4v) is 11.5. The van der Waals surface area contributed by atoms with Gasteiger partial charge < -0.3 is 14.3 Å². The fourth-order valence-electron chi connectivity index (χ4n) is 11.5. The minimum atomic E-state index is 0.894. The lowest BCUT2D eigenvalue weighted by atomic mass is 9.88. The van der Waals surface area contributed by atoms with Crippen molar-refractivity contribution in [3.63, 3.8) is 0 Å². The summed E-state index contributed by atoms with van der Waals surface area (Å²) in [4.78, 5) is 0. The largest absolute Gasteiger partial charge is 0.455 e. The molecule has 1 N–H and O–H groups in total. The van der Waals surface area contributed by atoms with Crippen molar-refractivity contribution in [2.24, 2.45) is 0 Å². The van der Waals surface area contributed by atoms with Crippen LogP contribution in [0.15, 0.2) is 283 Å². The van der Waals surface area contributed by atoms with Gasteiger partial charge in [-0.05, 0) is 152 Å². The predicted octanol–water partition coefficient (Wildman–Crippen LogP) is 20.4. The molecule has 2 aromatic heterocycles. The normalized spacial score (nSPS) is 11.5. The molecule has 0 saturated heterocycles. The van der Waals surface area contributed by atoms with Gasteiger partial charge in [0.2, 0.25) is 0 Å². The molecule has 0 unspecified atom stereocenters. The zero-order valence-corrected chi connectivity index (χ0v) is 41.9. The Morgan fingerprint density at radius 3 is 1.57 bits per heavy atom. The SMILES string of the molecule is Cc1ccccc1-c1cc(-c2ccccc2)cc(-c2cc(Nc3ccc(-c4ccccc4-c4ccccc4-n4c5ccccc5c5ccccc54)cc3)ccc2-c2cccc(-c3cccc4c3oc3ccccc34)c2)c1. The molecule has 0 radical (unpaired) electrons. The van der Waals surface area contributed by atoms with Crippen LogP contribution in [0.5, 0.6) is 0 Å². The third-order valence-corrected chi connectivity index (χ3v) is 15.1. The molecule has 3 heteroatoms. The van der Waals surface area contributed by atoms with Crippen molar-refractivity contribution in [3.05, 3.63) is 285 Å². The van der Waals surface area contributed by atoms with Crippen molar-refractivity contribution in [2.75, 3.05) is 5.32 Å². The molecule has 0 spiro atoms. The lowest BCUT2D eigenvalue weighted by molar-refractivity contribution is 0.670. The molecule has 0 amide bonds. The first-order valence-corrected chi connectivity index (χ1v) is 26.1. The van der Waals surface area contributed by atoms with Gasteiger partial charge in [0.15, 0.2) is 0 Å². The van der Waals surface area contributed by atoms with Crippen molar-refractivity contribution in [3.8, 4) is 83.6 Å². The zero-order chi connectivity index (χ0) is 50.5. The second kappa shape index (κ2) is 18.8. The molecule has 12 aromatic carbocycles. The molecule has 358 valence electrons. The van der Waals surface area contributed by atoms with Crippen LogP contribution in [0.4, 0.5) is 11.4 Å². The summed E-state index contributed by atoms with van der Waals surface area (Å²) in [5, 5.41) is 8.58. The van der Waals surface area contributed by atoms with E-state index in [0.717, 1.165) is 77.9 Å². The van der Waals surface area contributed by atoms with E-state index in [1.54, 1.807) is 0 Å². The number of hydrogen-bond acceptors (Lipinski definition) is 2. The second-order valence-corrected chi connectivity index (χ2v) is 19.7. The van der Waals surface area contributed by atoms with E-state index in [2.05, 4.69) is 290 Å². The summed E-state index contributed by atoms with van der Waals surface area (Å²) >= 11 is 0. The number of fused-ring (bicyclic) bond motifs is 6. The molecule has 2 heterocycles. The average molecular weight is 971 g/mol. The zero-order valence-electron chi connectivity index (χ0n) is 41.9. The number of anilines is 2. The second-order valence-electron chi connectivity index (χ2n) is 19.7. The van der Waals surface area contributed by atoms with Crippen molar-refractivity contribution in [2.45, 2.75) is 6.92 Å². The highest BCUT2D eigenvalue weighted by Crippen LogP contribution is 2.44. The first kappa shape index (κ1) is 44.7. The Bertz CT molecular complexity index is 4450. The van der Waals surface area contributed by atoms with Gasteiger partial charge >= 0.3 is 0 Å². The Kier molecular flexibility index (Phi) is 11.1. The average Bonchev–Trinajstić information content (AvgIpc) is 4.10. The molecule has 76 heavy (non-hydrogen) atoms. The van der Waals surface area contributed by atoms with Crippen LogP contribution in [-0.2, 0) is 0 Å². The third-order valence-electron chi connectivity index (χ3n) is 15.1. The van der Waals surface area contributed by atoms with Crippen LogP contribution in [0.2, 0.25) is 0 Å². The Labute approximate surface area is 442 Å². The van der Waals surface area contributed by atoms with E-state index < -0.39 is 0 Å².